The molecule has 0 aliphatic carbocycles. The molecule has 6 heteroatoms. The summed E-state index contributed by atoms with van der Waals surface area (Å²) in [6.07, 6.45) is 20.2. The number of rotatable bonds is 21. The van der Waals surface area contributed by atoms with E-state index in [1.807, 2.05) is 0 Å². The molecule has 30 heavy (non-hydrogen) atoms. The zero-order chi connectivity index (χ0) is 22.7. The molecule has 0 saturated heterocycles. The van der Waals surface area contributed by atoms with E-state index in [1.54, 1.807) is 0 Å². The lowest BCUT2D eigenvalue weighted by Crippen LogP contribution is -2.15. The molecule has 0 fully saturated rings. The predicted octanol–water partition coefficient (Wildman–Crippen LogP) is 4.51. The molecule has 0 aliphatic rings. The van der Waals surface area contributed by atoms with Gasteiger partial charge in [-0.15, -0.1) is 0 Å². The van der Waals surface area contributed by atoms with Gasteiger partial charge in [-0.3, -0.25) is 4.79 Å². The first-order chi connectivity index (χ1) is 14.6. The van der Waals surface area contributed by atoms with Crippen LogP contribution in [0, 0.1) is 0 Å². The van der Waals surface area contributed by atoms with Gasteiger partial charge in [-0.1, -0.05) is 96.8 Å². The molecule has 0 saturated carbocycles. The van der Waals surface area contributed by atoms with Crippen molar-refractivity contribution in [2.75, 3.05) is 26.4 Å². The minimum atomic E-state index is -0.954. The number of carbonyl (C=O) groups is 1. The van der Waals surface area contributed by atoms with Gasteiger partial charge in [0.15, 0.2) is 0 Å². The van der Waals surface area contributed by atoms with Gasteiger partial charge in [-0.25, -0.2) is 0 Å². The van der Waals surface area contributed by atoms with Crippen LogP contribution in [-0.4, -0.2) is 58.9 Å². The van der Waals surface area contributed by atoms with Gasteiger partial charge in [-0.2, -0.15) is 0 Å². The van der Waals surface area contributed by atoms with Crippen LogP contribution >= 0.6 is 0 Å². The fourth-order valence-corrected chi connectivity index (χ4v) is 3.02. The van der Waals surface area contributed by atoms with Crippen molar-refractivity contribution in [1.29, 1.82) is 0 Å². The van der Waals surface area contributed by atoms with Crippen LogP contribution in [0.15, 0.2) is 0 Å². The van der Waals surface area contributed by atoms with E-state index in [1.165, 1.54) is 83.5 Å². The van der Waals surface area contributed by atoms with E-state index in [0.29, 0.717) is 19.4 Å². The van der Waals surface area contributed by atoms with Gasteiger partial charge in [0.2, 0.25) is 0 Å². The van der Waals surface area contributed by atoms with Gasteiger partial charge >= 0.3 is 5.97 Å². The average molecular weight is 435 g/mol. The number of esters is 1. The van der Waals surface area contributed by atoms with Crippen molar-refractivity contribution in [3.63, 3.8) is 0 Å². The SMILES string of the molecule is CCCCCCCCCCCCCCCCCC(=O)OCCCO.OCC(O)CO. The first-order valence-electron chi connectivity index (χ1n) is 12.3. The molecule has 0 unspecified atom stereocenters. The van der Waals surface area contributed by atoms with Crippen LogP contribution in [0.25, 0.3) is 0 Å². The molecule has 182 valence electrons. The van der Waals surface area contributed by atoms with Gasteiger partial charge in [0.1, 0.15) is 6.10 Å². The molecule has 0 atom stereocenters. The Balaban J connectivity index is 0. The Hall–Kier alpha value is -0.690. The minimum absolute atomic E-state index is 0.0895. The van der Waals surface area contributed by atoms with E-state index in [2.05, 4.69) is 6.92 Å². The molecule has 0 rings (SSSR count). The Bertz CT molecular complexity index is 321. The summed E-state index contributed by atoms with van der Waals surface area (Å²) in [5, 5.41) is 32.6. The third kappa shape index (κ3) is 29.5. The second-order valence-corrected chi connectivity index (χ2v) is 8.02. The summed E-state index contributed by atoms with van der Waals surface area (Å²) in [4.78, 5) is 11.3. The first-order valence-corrected chi connectivity index (χ1v) is 12.3. The summed E-state index contributed by atoms with van der Waals surface area (Å²) in [6, 6.07) is 0. The highest BCUT2D eigenvalue weighted by Crippen LogP contribution is 2.13. The summed E-state index contributed by atoms with van der Waals surface area (Å²) in [6.45, 7) is 1.99. The average Bonchev–Trinajstić information content (AvgIpc) is 2.76. The summed E-state index contributed by atoms with van der Waals surface area (Å²) in [5.74, 6) is -0.113. The quantitative estimate of drug-likeness (QED) is 0.156. The molecular formula is C24H50O6. The highest BCUT2D eigenvalue weighted by atomic mass is 16.5. The van der Waals surface area contributed by atoms with Gasteiger partial charge in [0.25, 0.3) is 0 Å². The second kappa shape index (κ2) is 28.3. The first kappa shape index (κ1) is 31.5. The number of carbonyl (C=O) groups excluding carboxylic acids is 1. The Labute approximate surface area is 185 Å². The molecule has 0 amide bonds. The second-order valence-electron chi connectivity index (χ2n) is 8.02. The highest BCUT2D eigenvalue weighted by Gasteiger charge is 2.02. The van der Waals surface area contributed by atoms with Crippen molar-refractivity contribution in [2.24, 2.45) is 0 Å². The predicted molar refractivity (Wildman–Crippen MR) is 122 cm³/mol. The van der Waals surface area contributed by atoms with Crippen LogP contribution in [0.4, 0.5) is 0 Å². The number of unbranched alkanes of at least 4 members (excludes halogenated alkanes) is 14. The van der Waals surface area contributed by atoms with Crippen molar-refractivity contribution in [3.8, 4) is 0 Å². The highest BCUT2D eigenvalue weighted by molar-refractivity contribution is 5.69. The number of aliphatic hydroxyl groups excluding tert-OH is 4. The molecule has 0 radical (unpaired) electrons. The Morgan fingerprint density at radius 1 is 0.667 bits per heavy atom. The summed E-state index contributed by atoms with van der Waals surface area (Å²) in [5.41, 5.74) is 0. The van der Waals surface area contributed by atoms with Crippen LogP contribution in [0.3, 0.4) is 0 Å². The third-order valence-corrected chi connectivity index (χ3v) is 4.97. The number of hydrogen-bond donors (Lipinski definition) is 4. The van der Waals surface area contributed by atoms with Crippen molar-refractivity contribution in [3.05, 3.63) is 0 Å². The topological polar surface area (TPSA) is 107 Å². The van der Waals surface area contributed by atoms with Crippen LogP contribution < -0.4 is 0 Å². The Morgan fingerprint density at radius 3 is 1.40 bits per heavy atom. The maximum Gasteiger partial charge on any atom is 0.305 e. The van der Waals surface area contributed by atoms with E-state index < -0.39 is 6.10 Å². The molecular weight excluding hydrogens is 384 g/mol. The zero-order valence-electron chi connectivity index (χ0n) is 19.5. The van der Waals surface area contributed by atoms with E-state index >= 15 is 0 Å². The van der Waals surface area contributed by atoms with Gasteiger partial charge < -0.3 is 25.2 Å². The van der Waals surface area contributed by atoms with Crippen molar-refractivity contribution >= 4 is 5.97 Å². The lowest BCUT2D eigenvalue weighted by Gasteiger charge is -2.04. The fraction of sp³-hybridized carbons (Fsp3) is 0.958. The van der Waals surface area contributed by atoms with Gasteiger partial charge in [0, 0.05) is 19.4 Å². The van der Waals surface area contributed by atoms with E-state index in [-0.39, 0.29) is 25.8 Å². The number of hydrogen-bond acceptors (Lipinski definition) is 6. The smallest absolute Gasteiger partial charge is 0.305 e. The number of aliphatic hydroxyl groups is 4. The van der Waals surface area contributed by atoms with E-state index in [0.717, 1.165) is 12.8 Å². The molecule has 0 heterocycles. The minimum Gasteiger partial charge on any atom is -0.466 e. The van der Waals surface area contributed by atoms with Crippen molar-refractivity contribution in [1.82, 2.24) is 0 Å². The lowest BCUT2D eigenvalue weighted by molar-refractivity contribution is -0.144. The molecule has 0 aromatic rings. The van der Waals surface area contributed by atoms with Crippen LogP contribution in [0.1, 0.15) is 116 Å². The van der Waals surface area contributed by atoms with Gasteiger partial charge in [0.05, 0.1) is 19.8 Å². The monoisotopic (exact) mass is 434 g/mol. The van der Waals surface area contributed by atoms with E-state index in [9.17, 15) is 4.79 Å². The molecule has 0 aliphatic heterocycles. The summed E-state index contributed by atoms with van der Waals surface area (Å²) >= 11 is 0. The fourth-order valence-electron chi connectivity index (χ4n) is 3.02. The van der Waals surface area contributed by atoms with Gasteiger partial charge in [-0.05, 0) is 6.42 Å². The summed E-state index contributed by atoms with van der Waals surface area (Å²) in [7, 11) is 0. The molecule has 4 N–H and O–H groups in total. The van der Waals surface area contributed by atoms with Crippen molar-refractivity contribution in [2.45, 2.75) is 122 Å². The maximum absolute atomic E-state index is 11.3. The largest absolute Gasteiger partial charge is 0.466 e. The third-order valence-electron chi connectivity index (χ3n) is 4.97. The normalized spacial score (nSPS) is 10.7. The van der Waals surface area contributed by atoms with Crippen LogP contribution in [0.2, 0.25) is 0 Å². The summed E-state index contributed by atoms with van der Waals surface area (Å²) < 4.78 is 5.00. The number of ether oxygens (including phenoxy) is 1. The Kier molecular flexibility index (Phi) is 29.7. The standard InChI is InChI=1S/C21H42O3.C3H8O3/c1-2-3-4-5-6-7-8-9-10-11-12-13-14-15-16-18-21(23)24-20-17-19-22;4-1-3(6)2-5/h22H,2-20H2,1H3;3-6H,1-2H2. The lowest BCUT2D eigenvalue weighted by atomic mass is 10.0. The molecule has 0 aromatic carbocycles. The van der Waals surface area contributed by atoms with Crippen LogP contribution in [-0.2, 0) is 9.53 Å². The molecule has 0 spiro atoms. The van der Waals surface area contributed by atoms with Crippen LogP contribution in [0.5, 0.6) is 0 Å². The molecule has 0 bridgehead atoms. The van der Waals surface area contributed by atoms with E-state index in [4.69, 9.17) is 25.2 Å². The maximum atomic E-state index is 11.3. The zero-order valence-corrected chi connectivity index (χ0v) is 19.5. The Morgan fingerprint density at radius 2 is 1.07 bits per heavy atom. The molecule has 6 nitrogen and oxygen atoms in total. The molecule has 0 aromatic heterocycles. The van der Waals surface area contributed by atoms with Crippen molar-refractivity contribution < 1.29 is 30.0 Å².